The Hall–Kier alpha value is -3.77. The Kier molecular flexibility index (Phi) is 5.52. The van der Waals surface area contributed by atoms with Gasteiger partial charge < -0.3 is 15.7 Å². The summed E-state index contributed by atoms with van der Waals surface area (Å²) >= 11 is 0. The fourth-order valence-corrected chi connectivity index (χ4v) is 4.17. The van der Waals surface area contributed by atoms with E-state index < -0.39 is 0 Å². The summed E-state index contributed by atoms with van der Waals surface area (Å²) in [5, 5.41) is 18.1. The lowest BCUT2D eigenvalue weighted by Crippen LogP contribution is -2.31. The molecule has 3 N–H and O–H groups in total. The van der Waals surface area contributed by atoms with Crippen molar-refractivity contribution in [2.24, 2.45) is 0 Å². The van der Waals surface area contributed by atoms with Gasteiger partial charge in [0, 0.05) is 24.4 Å². The van der Waals surface area contributed by atoms with Crippen molar-refractivity contribution < 1.29 is 9.90 Å². The molecule has 1 aliphatic heterocycles. The predicted molar refractivity (Wildman–Crippen MR) is 126 cm³/mol. The number of hydrogen-bond acceptors (Lipinski definition) is 6. The minimum Gasteiger partial charge on any atom is -0.507 e. The molecule has 0 amide bonds. The standard InChI is InChI=1S/C26H24N4O2/c31-23-13-7-5-11-20(23)26-29-21-12-6-4-10-19(21)25(30-26)28-18-15-22(27-16-18)24(32)14-17-8-2-1-3-9-17/h1-13,18,22,27,31H,14-16H2,(H,28,29,30)/t18-,22+/m0/s1. The molecule has 4 aromatic rings. The molecule has 6 heteroatoms. The number of ketones is 1. The number of hydrogen-bond donors (Lipinski definition) is 3. The second-order valence-electron chi connectivity index (χ2n) is 8.10. The van der Waals surface area contributed by atoms with Gasteiger partial charge in [0.1, 0.15) is 11.6 Å². The molecule has 2 heterocycles. The van der Waals surface area contributed by atoms with E-state index in [4.69, 9.17) is 4.98 Å². The summed E-state index contributed by atoms with van der Waals surface area (Å²) in [6.07, 6.45) is 1.12. The smallest absolute Gasteiger partial charge is 0.165 e. The molecule has 160 valence electrons. The first-order valence-electron chi connectivity index (χ1n) is 10.8. The van der Waals surface area contributed by atoms with Gasteiger partial charge in [-0.1, -0.05) is 54.6 Å². The normalized spacial score (nSPS) is 18.0. The van der Waals surface area contributed by atoms with Crippen molar-refractivity contribution in [3.63, 3.8) is 0 Å². The van der Waals surface area contributed by atoms with Crippen LogP contribution in [0.15, 0.2) is 78.9 Å². The highest BCUT2D eigenvalue weighted by Crippen LogP contribution is 2.30. The van der Waals surface area contributed by atoms with Crippen molar-refractivity contribution in [3.05, 3.63) is 84.4 Å². The van der Waals surface area contributed by atoms with Crippen LogP contribution in [0.2, 0.25) is 0 Å². The number of aromatic hydroxyl groups is 1. The molecule has 0 bridgehead atoms. The molecule has 1 aliphatic rings. The van der Waals surface area contributed by atoms with Crippen molar-refractivity contribution in [2.45, 2.75) is 24.9 Å². The minimum atomic E-state index is -0.182. The summed E-state index contributed by atoms with van der Waals surface area (Å²) < 4.78 is 0. The van der Waals surface area contributed by atoms with Gasteiger partial charge in [0.2, 0.25) is 0 Å². The molecule has 6 nitrogen and oxygen atoms in total. The molecular weight excluding hydrogens is 400 g/mol. The average Bonchev–Trinajstić information content (AvgIpc) is 3.29. The number of nitrogens with zero attached hydrogens (tertiary/aromatic N) is 2. The summed E-state index contributed by atoms with van der Waals surface area (Å²) in [7, 11) is 0. The van der Waals surface area contributed by atoms with Gasteiger partial charge in [-0.25, -0.2) is 9.97 Å². The van der Waals surface area contributed by atoms with E-state index in [1.807, 2.05) is 60.7 Å². The second-order valence-corrected chi connectivity index (χ2v) is 8.10. The number of benzene rings is 3. The summed E-state index contributed by atoms with van der Waals surface area (Å²) in [6, 6.07) is 24.6. The van der Waals surface area contributed by atoms with E-state index in [2.05, 4.69) is 15.6 Å². The van der Waals surface area contributed by atoms with Gasteiger partial charge >= 0.3 is 0 Å². The minimum absolute atomic E-state index is 0.0650. The molecule has 3 aromatic carbocycles. The summed E-state index contributed by atoms with van der Waals surface area (Å²) in [5.41, 5.74) is 2.41. The molecule has 1 fully saturated rings. The monoisotopic (exact) mass is 424 g/mol. The van der Waals surface area contributed by atoms with Gasteiger partial charge in [-0.05, 0) is 36.2 Å². The number of rotatable bonds is 6. The number of anilines is 1. The quantitative estimate of drug-likeness (QED) is 0.434. The lowest BCUT2D eigenvalue weighted by atomic mass is 10.0. The first kappa shape index (κ1) is 20.2. The topological polar surface area (TPSA) is 87.1 Å². The highest BCUT2D eigenvalue weighted by atomic mass is 16.3. The fraction of sp³-hybridized carbons (Fsp3) is 0.192. The largest absolute Gasteiger partial charge is 0.507 e. The number of aromatic nitrogens is 2. The summed E-state index contributed by atoms with van der Waals surface area (Å²) in [5.74, 6) is 1.51. The average molecular weight is 425 g/mol. The molecule has 32 heavy (non-hydrogen) atoms. The van der Waals surface area contributed by atoms with Crippen LogP contribution in [-0.2, 0) is 11.2 Å². The first-order chi connectivity index (χ1) is 15.7. The van der Waals surface area contributed by atoms with Crippen molar-refractivity contribution in [1.29, 1.82) is 0 Å². The zero-order valence-corrected chi connectivity index (χ0v) is 17.5. The Morgan fingerprint density at radius 1 is 0.969 bits per heavy atom. The van der Waals surface area contributed by atoms with E-state index in [1.54, 1.807) is 18.2 Å². The summed E-state index contributed by atoms with van der Waals surface area (Å²) in [4.78, 5) is 22.1. The lowest BCUT2D eigenvalue weighted by molar-refractivity contribution is -0.120. The highest BCUT2D eigenvalue weighted by molar-refractivity contribution is 5.91. The number of para-hydroxylation sites is 2. The van der Waals surface area contributed by atoms with Crippen molar-refractivity contribution in [3.8, 4) is 17.1 Å². The first-order valence-corrected chi connectivity index (χ1v) is 10.8. The zero-order chi connectivity index (χ0) is 21.9. The Morgan fingerprint density at radius 3 is 2.56 bits per heavy atom. The zero-order valence-electron chi connectivity index (χ0n) is 17.5. The molecule has 1 saturated heterocycles. The number of fused-ring (bicyclic) bond motifs is 1. The Balaban J connectivity index is 1.37. The van der Waals surface area contributed by atoms with E-state index in [9.17, 15) is 9.90 Å². The molecule has 0 unspecified atom stereocenters. The maximum atomic E-state index is 12.8. The van der Waals surface area contributed by atoms with E-state index in [0.717, 1.165) is 16.5 Å². The van der Waals surface area contributed by atoms with Crippen molar-refractivity contribution in [1.82, 2.24) is 15.3 Å². The molecule has 0 saturated carbocycles. The molecule has 5 rings (SSSR count). The number of carbonyl (C=O) groups excluding carboxylic acids is 1. The number of carbonyl (C=O) groups is 1. The summed E-state index contributed by atoms with van der Waals surface area (Å²) in [6.45, 7) is 0.676. The van der Waals surface area contributed by atoms with Crippen LogP contribution < -0.4 is 10.6 Å². The van der Waals surface area contributed by atoms with Crippen molar-refractivity contribution >= 4 is 22.5 Å². The third-order valence-electron chi connectivity index (χ3n) is 5.83. The van der Waals surface area contributed by atoms with Gasteiger partial charge in [-0.2, -0.15) is 0 Å². The molecule has 0 spiro atoms. The van der Waals surface area contributed by atoms with Crippen LogP contribution in [0, 0.1) is 0 Å². The van der Waals surface area contributed by atoms with Gasteiger partial charge in [0.25, 0.3) is 0 Å². The van der Waals surface area contributed by atoms with Crippen LogP contribution in [0.1, 0.15) is 12.0 Å². The van der Waals surface area contributed by atoms with Gasteiger partial charge in [0.05, 0.1) is 17.1 Å². The van der Waals surface area contributed by atoms with Crippen LogP contribution in [-0.4, -0.2) is 39.5 Å². The van der Waals surface area contributed by atoms with Crippen LogP contribution in [0.4, 0.5) is 5.82 Å². The predicted octanol–water partition coefficient (Wildman–Crippen LogP) is 3.96. The Bertz CT molecular complexity index is 1260. The SMILES string of the molecule is O=C(Cc1ccccc1)[C@H]1C[C@H](Nc2nc(-c3ccccc3O)nc3ccccc23)CN1. The lowest BCUT2D eigenvalue weighted by Gasteiger charge is -2.16. The van der Waals surface area contributed by atoms with Gasteiger partial charge in [-0.3, -0.25) is 4.79 Å². The molecular formula is C26H24N4O2. The maximum Gasteiger partial charge on any atom is 0.165 e. The van der Waals surface area contributed by atoms with E-state index in [0.29, 0.717) is 36.6 Å². The van der Waals surface area contributed by atoms with Crippen LogP contribution in [0.25, 0.3) is 22.3 Å². The Labute approximate surface area is 186 Å². The second kappa shape index (κ2) is 8.77. The van der Waals surface area contributed by atoms with E-state index in [-0.39, 0.29) is 23.6 Å². The number of Topliss-reactive ketones (excluding diaryl/α,β-unsaturated/α-hetero) is 1. The third-order valence-corrected chi connectivity index (χ3v) is 5.83. The molecule has 2 atom stereocenters. The molecule has 0 aliphatic carbocycles. The van der Waals surface area contributed by atoms with Gasteiger partial charge in [-0.15, -0.1) is 0 Å². The van der Waals surface area contributed by atoms with Crippen LogP contribution >= 0.6 is 0 Å². The molecule has 1 aromatic heterocycles. The van der Waals surface area contributed by atoms with E-state index >= 15 is 0 Å². The maximum absolute atomic E-state index is 12.8. The molecule has 0 radical (unpaired) electrons. The van der Waals surface area contributed by atoms with E-state index in [1.165, 1.54) is 0 Å². The fourth-order valence-electron chi connectivity index (χ4n) is 4.17. The van der Waals surface area contributed by atoms with Crippen LogP contribution in [0.3, 0.4) is 0 Å². The number of phenolic OH excluding ortho intramolecular Hbond substituents is 1. The number of nitrogens with one attached hydrogen (secondary N) is 2. The highest BCUT2D eigenvalue weighted by Gasteiger charge is 2.29. The Morgan fingerprint density at radius 2 is 1.72 bits per heavy atom. The van der Waals surface area contributed by atoms with Gasteiger partial charge in [0.15, 0.2) is 11.6 Å². The van der Waals surface area contributed by atoms with Crippen molar-refractivity contribution in [2.75, 3.05) is 11.9 Å². The van der Waals surface area contributed by atoms with Crippen LogP contribution in [0.5, 0.6) is 5.75 Å². The number of phenols is 1. The third kappa shape index (κ3) is 4.18.